The van der Waals surface area contributed by atoms with Gasteiger partial charge in [0, 0.05) is 10.6 Å². The first-order valence-electron chi connectivity index (χ1n) is 3.86. The van der Waals surface area contributed by atoms with Crippen molar-refractivity contribution in [2.24, 2.45) is 0 Å². The summed E-state index contributed by atoms with van der Waals surface area (Å²) in [5.74, 6) is -0.0720. The predicted octanol–water partition coefficient (Wildman–Crippen LogP) is 3.30. The van der Waals surface area contributed by atoms with Gasteiger partial charge in [-0.15, -0.1) is 0 Å². The van der Waals surface area contributed by atoms with Gasteiger partial charge in [-0.05, 0) is 30.7 Å². The largest absolute Gasteiger partial charge is 0.506 e. The minimum absolute atomic E-state index is 0.0720. The van der Waals surface area contributed by atoms with Crippen LogP contribution in [0.3, 0.4) is 0 Å². The highest BCUT2D eigenvalue weighted by molar-refractivity contribution is 6.35. The average Bonchev–Trinajstić information content (AvgIpc) is 2.13. The van der Waals surface area contributed by atoms with Crippen molar-refractivity contribution in [1.29, 1.82) is 0 Å². The molecule has 0 fully saturated rings. The fourth-order valence-corrected chi connectivity index (χ4v) is 1.48. The van der Waals surface area contributed by atoms with Crippen LogP contribution in [-0.4, -0.2) is 11.4 Å². The van der Waals surface area contributed by atoms with Crippen molar-refractivity contribution in [2.45, 2.75) is 6.92 Å². The molecule has 0 aliphatic heterocycles. The molecule has 0 unspecified atom stereocenters. The summed E-state index contributed by atoms with van der Waals surface area (Å²) in [6.07, 6.45) is 2.20. The molecule has 0 heterocycles. The van der Waals surface area contributed by atoms with Gasteiger partial charge in [-0.1, -0.05) is 23.2 Å². The van der Waals surface area contributed by atoms with E-state index in [-0.39, 0.29) is 10.8 Å². The Morgan fingerprint density at radius 1 is 1.43 bits per heavy atom. The summed E-state index contributed by atoms with van der Waals surface area (Å²) in [6.45, 7) is 1.63. The molecule has 1 N–H and O–H groups in total. The number of hydrogen-bond acceptors (Lipinski definition) is 2. The van der Waals surface area contributed by atoms with Crippen LogP contribution in [0.2, 0.25) is 10.0 Å². The third-order valence-electron chi connectivity index (χ3n) is 1.63. The average molecular weight is 231 g/mol. The Labute approximate surface area is 91.8 Å². The van der Waals surface area contributed by atoms with E-state index in [4.69, 9.17) is 23.2 Å². The summed E-state index contributed by atoms with van der Waals surface area (Å²) in [6, 6.07) is 2.97. The van der Waals surface area contributed by atoms with Gasteiger partial charge in [0.2, 0.25) is 0 Å². The maximum absolute atomic E-state index is 10.4. The normalized spacial score (nSPS) is 11.5. The lowest BCUT2D eigenvalue weighted by Gasteiger charge is -2.02. The number of benzene rings is 1. The fourth-order valence-electron chi connectivity index (χ4n) is 0.975. The van der Waals surface area contributed by atoms with Gasteiger partial charge < -0.3 is 5.11 Å². The van der Waals surface area contributed by atoms with Crippen molar-refractivity contribution < 1.29 is 9.90 Å². The second-order valence-corrected chi connectivity index (χ2v) is 3.68. The van der Waals surface area contributed by atoms with Gasteiger partial charge in [-0.2, -0.15) is 0 Å². The Kier molecular flexibility index (Phi) is 3.55. The minimum atomic E-state index is -0.0720. The van der Waals surface area contributed by atoms with Crippen LogP contribution in [0.4, 0.5) is 0 Å². The number of carbonyl (C=O) groups excluding carboxylic acids is 1. The molecule has 0 saturated heterocycles. The van der Waals surface area contributed by atoms with Gasteiger partial charge >= 0.3 is 0 Å². The molecule has 4 heteroatoms. The third-order valence-corrected chi connectivity index (χ3v) is 2.13. The van der Waals surface area contributed by atoms with Crippen molar-refractivity contribution in [2.75, 3.05) is 0 Å². The van der Waals surface area contributed by atoms with Crippen LogP contribution < -0.4 is 0 Å². The summed E-state index contributed by atoms with van der Waals surface area (Å²) in [5, 5.41) is 10.1. The molecule has 1 rings (SSSR count). The SMILES string of the molecule is C/C(C=O)=C\c1cc(Cl)cc(Cl)c1O. The van der Waals surface area contributed by atoms with E-state index in [1.54, 1.807) is 6.92 Å². The molecular formula is C10H8Cl2O2. The highest BCUT2D eigenvalue weighted by Crippen LogP contribution is 2.32. The topological polar surface area (TPSA) is 37.3 Å². The van der Waals surface area contributed by atoms with Crippen LogP contribution in [0, 0.1) is 0 Å². The summed E-state index contributed by atoms with van der Waals surface area (Å²) in [5.41, 5.74) is 0.922. The van der Waals surface area contributed by atoms with Crippen molar-refractivity contribution in [3.8, 4) is 5.75 Å². The molecular weight excluding hydrogens is 223 g/mol. The summed E-state index contributed by atoms with van der Waals surface area (Å²) >= 11 is 11.4. The van der Waals surface area contributed by atoms with E-state index in [1.165, 1.54) is 18.2 Å². The maximum Gasteiger partial charge on any atom is 0.145 e. The molecule has 0 aliphatic rings. The minimum Gasteiger partial charge on any atom is -0.506 e. The predicted molar refractivity (Wildman–Crippen MR) is 57.8 cm³/mol. The van der Waals surface area contributed by atoms with Gasteiger partial charge in [-0.25, -0.2) is 0 Å². The monoisotopic (exact) mass is 230 g/mol. The molecule has 1 aromatic carbocycles. The number of carbonyl (C=O) groups is 1. The Bertz CT molecular complexity index is 397. The number of allylic oxidation sites excluding steroid dienone is 1. The van der Waals surface area contributed by atoms with Crippen molar-refractivity contribution in [3.05, 3.63) is 33.3 Å². The van der Waals surface area contributed by atoms with E-state index in [9.17, 15) is 9.90 Å². The van der Waals surface area contributed by atoms with Crippen LogP contribution in [0.1, 0.15) is 12.5 Å². The first-order valence-corrected chi connectivity index (χ1v) is 4.61. The smallest absolute Gasteiger partial charge is 0.145 e. The van der Waals surface area contributed by atoms with E-state index in [1.807, 2.05) is 0 Å². The Morgan fingerprint density at radius 3 is 2.64 bits per heavy atom. The number of rotatable bonds is 2. The second kappa shape index (κ2) is 4.49. The number of hydrogen-bond donors (Lipinski definition) is 1. The highest BCUT2D eigenvalue weighted by atomic mass is 35.5. The number of halogens is 2. The van der Waals surface area contributed by atoms with Crippen molar-refractivity contribution in [1.82, 2.24) is 0 Å². The zero-order valence-corrected chi connectivity index (χ0v) is 8.93. The standard InChI is InChI=1S/C10H8Cl2O2/c1-6(5-13)2-7-3-8(11)4-9(12)10(7)14/h2-5,14H,1H3/b6-2+. The van der Waals surface area contributed by atoms with E-state index in [2.05, 4.69) is 0 Å². The molecule has 0 atom stereocenters. The van der Waals surface area contributed by atoms with Gasteiger partial charge in [0.05, 0.1) is 5.02 Å². The van der Waals surface area contributed by atoms with E-state index < -0.39 is 0 Å². The lowest BCUT2D eigenvalue weighted by atomic mass is 10.1. The molecule has 0 aromatic heterocycles. The van der Waals surface area contributed by atoms with E-state index in [0.717, 1.165) is 0 Å². The molecule has 0 radical (unpaired) electrons. The lowest BCUT2D eigenvalue weighted by molar-refractivity contribution is -0.104. The molecule has 0 spiro atoms. The molecule has 0 amide bonds. The zero-order valence-electron chi connectivity index (χ0n) is 7.42. The lowest BCUT2D eigenvalue weighted by Crippen LogP contribution is -1.81. The fraction of sp³-hybridized carbons (Fsp3) is 0.100. The molecule has 1 aromatic rings. The van der Waals surface area contributed by atoms with Crippen molar-refractivity contribution >= 4 is 35.6 Å². The van der Waals surface area contributed by atoms with Crippen LogP contribution in [0.25, 0.3) is 6.08 Å². The number of aromatic hydroxyl groups is 1. The number of phenolic OH excluding ortho intramolecular Hbond substituents is 1. The van der Waals surface area contributed by atoms with Crippen LogP contribution in [-0.2, 0) is 4.79 Å². The number of aldehydes is 1. The number of phenols is 1. The Hall–Kier alpha value is -0.990. The first-order chi connectivity index (χ1) is 6.54. The summed E-state index contributed by atoms with van der Waals surface area (Å²) in [4.78, 5) is 10.4. The second-order valence-electron chi connectivity index (χ2n) is 2.83. The highest BCUT2D eigenvalue weighted by Gasteiger charge is 2.05. The zero-order chi connectivity index (χ0) is 10.7. The molecule has 14 heavy (non-hydrogen) atoms. The quantitative estimate of drug-likeness (QED) is 0.626. The molecule has 74 valence electrons. The van der Waals surface area contributed by atoms with Crippen LogP contribution in [0.15, 0.2) is 17.7 Å². The van der Waals surface area contributed by atoms with Gasteiger partial charge in [-0.3, -0.25) is 4.79 Å². The molecule has 2 nitrogen and oxygen atoms in total. The third kappa shape index (κ3) is 2.50. The molecule has 0 saturated carbocycles. The van der Waals surface area contributed by atoms with Crippen LogP contribution in [0.5, 0.6) is 5.75 Å². The van der Waals surface area contributed by atoms with Gasteiger partial charge in [0.15, 0.2) is 0 Å². The van der Waals surface area contributed by atoms with Crippen LogP contribution >= 0.6 is 23.2 Å². The van der Waals surface area contributed by atoms with E-state index >= 15 is 0 Å². The first kappa shape index (κ1) is 11.1. The Balaban J connectivity index is 3.27. The maximum atomic E-state index is 10.4. The van der Waals surface area contributed by atoms with Gasteiger partial charge in [0.25, 0.3) is 0 Å². The molecule has 0 bridgehead atoms. The van der Waals surface area contributed by atoms with Gasteiger partial charge in [0.1, 0.15) is 12.0 Å². The van der Waals surface area contributed by atoms with E-state index in [0.29, 0.717) is 22.4 Å². The summed E-state index contributed by atoms with van der Waals surface area (Å²) < 4.78 is 0. The summed E-state index contributed by atoms with van der Waals surface area (Å²) in [7, 11) is 0. The molecule has 0 aliphatic carbocycles. The van der Waals surface area contributed by atoms with Crippen molar-refractivity contribution in [3.63, 3.8) is 0 Å². The Morgan fingerprint density at radius 2 is 2.07 bits per heavy atom.